The van der Waals surface area contributed by atoms with Crippen molar-refractivity contribution in [2.45, 2.75) is 26.3 Å². The van der Waals surface area contributed by atoms with Gasteiger partial charge in [0.1, 0.15) is 6.54 Å². The zero-order valence-corrected chi connectivity index (χ0v) is 17.7. The number of carbonyl (C=O) groups excluding carboxylic acids is 1. The molecule has 2 saturated heterocycles. The van der Waals surface area contributed by atoms with Crippen LogP contribution in [0.25, 0.3) is 0 Å². The molecule has 0 radical (unpaired) electrons. The average molecular weight is 472 g/mol. The van der Waals surface area contributed by atoms with Crippen molar-refractivity contribution in [3.8, 4) is 0 Å². The second kappa shape index (κ2) is 10.1. The summed E-state index contributed by atoms with van der Waals surface area (Å²) in [6.07, 6.45) is 2.26. The summed E-state index contributed by atoms with van der Waals surface area (Å²) < 4.78 is 5.59. The van der Waals surface area contributed by atoms with Gasteiger partial charge in [0.15, 0.2) is 5.96 Å². The van der Waals surface area contributed by atoms with Gasteiger partial charge in [-0.25, -0.2) is 4.99 Å². The van der Waals surface area contributed by atoms with Crippen LogP contribution in [0.5, 0.6) is 0 Å². The van der Waals surface area contributed by atoms with Crippen molar-refractivity contribution in [1.82, 2.24) is 15.5 Å². The molecule has 7 heteroatoms. The van der Waals surface area contributed by atoms with Gasteiger partial charge < -0.3 is 20.3 Å². The second-order valence-corrected chi connectivity index (χ2v) is 6.91. The summed E-state index contributed by atoms with van der Waals surface area (Å²) >= 11 is 0. The molecule has 2 heterocycles. The highest BCUT2D eigenvalue weighted by molar-refractivity contribution is 14.0. The number of likely N-dealkylation sites (tertiary alicyclic amines) is 1. The normalized spacial score (nSPS) is 22.3. The van der Waals surface area contributed by atoms with Gasteiger partial charge in [-0.1, -0.05) is 30.3 Å². The minimum atomic E-state index is -0.0580. The molecule has 0 aromatic heterocycles. The van der Waals surface area contributed by atoms with E-state index in [0.717, 1.165) is 57.2 Å². The van der Waals surface area contributed by atoms with E-state index in [2.05, 4.69) is 27.4 Å². The van der Waals surface area contributed by atoms with Gasteiger partial charge in [0.25, 0.3) is 0 Å². The van der Waals surface area contributed by atoms with Crippen LogP contribution in [-0.4, -0.2) is 56.2 Å². The van der Waals surface area contributed by atoms with E-state index in [1.54, 1.807) is 0 Å². The highest BCUT2D eigenvalue weighted by atomic mass is 127. The van der Waals surface area contributed by atoms with Crippen LogP contribution in [0.1, 0.15) is 25.3 Å². The Morgan fingerprint density at radius 1 is 1.27 bits per heavy atom. The predicted octanol–water partition coefficient (Wildman–Crippen LogP) is 2.00. The summed E-state index contributed by atoms with van der Waals surface area (Å²) in [4.78, 5) is 18.9. The molecular formula is C19H29IN4O2. The fourth-order valence-electron chi connectivity index (χ4n) is 3.51. The van der Waals surface area contributed by atoms with Gasteiger partial charge >= 0.3 is 0 Å². The maximum absolute atomic E-state index is 12.1. The van der Waals surface area contributed by atoms with Crippen LogP contribution in [0, 0.1) is 5.41 Å². The lowest BCUT2D eigenvalue weighted by atomic mass is 9.87. The summed E-state index contributed by atoms with van der Waals surface area (Å²) in [7, 11) is 0. The molecular weight excluding hydrogens is 443 g/mol. The lowest BCUT2D eigenvalue weighted by Gasteiger charge is -2.24. The first-order valence-electron chi connectivity index (χ1n) is 9.12. The number of carbonyl (C=O) groups is 1. The highest BCUT2D eigenvalue weighted by Gasteiger charge is 2.42. The van der Waals surface area contributed by atoms with Gasteiger partial charge in [0.2, 0.25) is 5.91 Å². The highest BCUT2D eigenvalue weighted by Crippen LogP contribution is 2.38. The summed E-state index contributed by atoms with van der Waals surface area (Å²) in [5, 5.41) is 6.24. The van der Waals surface area contributed by atoms with Crippen LogP contribution in [0.4, 0.5) is 0 Å². The maximum Gasteiger partial charge on any atom is 0.242 e. The largest absolute Gasteiger partial charge is 0.381 e. The summed E-state index contributed by atoms with van der Waals surface area (Å²) in [5.41, 5.74) is 1.38. The molecule has 1 aromatic rings. The number of rotatable bonds is 5. The summed E-state index contributed by atoms with van der Waals surface area (Å²) in [5.74, 6) is 0.776. The van der Waals surface area contributed by atoms with Gasteiger partial charge in [0, 0.05) is 38.2 Å². The first-order valence-corrected chi connectivity index (χ1v) is 9.12. The third-order valence-corrected chi connectivity index (χ3v) is 4.96. The van der Waals surface area contributed by atoms with Crippen LogP contribution in [0.15, 0.2) is 35.3 Å². The molecule has 0 aliphatic carbocycles. The number of amides is 1. The molecule has 2 aliphatic rings. The first-order chi connectivity index (χ1) is 12.2. The number of benzene rings is 1. The van der Waals surface area contributed by atoms with E-state index in [9.17, 15) is 4.79 Å². The Labute approximate surface area is 172 Å². The lowest BCUT2D eigenvalue weighted by molar-refractivity contribution is -0.119. The van der Waals surface area contributed by atoms with E-state index in [1.165, 1.54) is 0 Å². The first kappa shape index (κ1) is 21.0. The standard InChI is InChI=1S/C19H28N4O2.HI/c1-2-20-18(23-10-8-19(14-23)9-11-25-15-19)22-13-17(24)21-12-16-6-4-3-5-7-16;/h3-7H,2,8-15H2,1H3,(H,20,22)(H,21,24);1H. The van der Waals surface area contributed by atoms with Crippen molar-refractivity contribution < 1.29 is 9.53 Å². The van der Waals surface area contributed by atoms with Crippen LogP contribution in [0.2, 0.25) is 0 Å². The fourth-order valence-corrected chi connectivity index (χ4v) is 3.51. The van der Waals surface area contributed by atoms with E-state index in [1.807, 2.05) is 30.3 Å². The Morgan fingerprint density at radius 3 is 2.77 bits per heavy atom. The Hall–Kier alpha value is -1.35. The van der Waals surface area contributed by atoms with Crippen LogP contribution in [0.3, 0.4) is 0 Å². The molecule has 1 spiro atoms. The third kappa shape index (κ3) is 5.57. The SMILES string of the molecule is CCNC(=NCC(=O)NCc1ccccc1)N1CCC2(CCOC2)C1.I. The molecule has 1 atom stereocenters. The molecule has 6 nitrogen and oxygen atoms in total. The third-order valence-electron chi connectivity index (χ3n) is 4.96. The van der Waals surface area contributed by atoms with Gasteiger partial charge in [-0.3, -0.25) is 4.79 Å². The zero-order valence-electron chi connectivity index (χ0n) is 15.4. The Kier molecular flexibility index (Phi) is 8.15. The molecule has 26 heavy (non-hydrogen) atoms. The molecule has 3 rings (SSSR count). The Bertz CT molecular complexity index is 603. The van der Waals surface area contributed by atoms with Crippen molar-refractivity contribution in [2.75, 3.05) is 39.4 Å². The number of halogens is 1. The van der Waals surface area contributed by atoms with Crippen molar-refractivity contribution in [3.63, 3.8) is 0 Å². The predicted molar refractivity (Wildman–Crippen MR) is 114 cm³/mol. The number of guanidine groups is 1. The maximum atomic E-state index is 12.1. The number of aliphatic imine (C=N–C) groups is 1. The Balaban J connectivity index is 0.00000243. The summed E-state index contributed by atoms with van der Waals surface area (Å²) in [6.45, 7) is 7.18. The monoisotopic (exact) mass is 472 g/mol. The molecule has 0 saturated carbocycles. The van der Waals surface area contributed by atoms with E-state index in [0.29, 0.717) is 6.54 Å². The number of hydrogen-bond acceptors (Lipinski definition) is 3. The molecule has 144 valence electrons. The lowest BCUT2D eigenvalue weighted by Crippen LogP contribution is -2.42. The molecule has 0 bridgehead atoms. The van der Waals surface area contributed by atoms with Crippen molar-refractivity contribution in [1.29, 1.82) is 0 Å². The zero-order chi connectivity index (χ0) is 17.5. The van der Waals surface area contributed by atoms with Gasteiger partial charge in [-0.2, -0.15) is 0 Å². The van der Waals surface area contributed by atoms with Gasteiger partial charge in [-0.15, -0.1) is 24.0 Å². The molecule has 2 aliphatic heterocycles. The van der Waals surface area contributed by atoms with E-state index in [4.69, 9.17) is 4.74 Å². The molecule has 2 N–H and O–H groups in total. The van der Waals surface area contributed by atoms with Crippen LogP contribution >= 0.6 is 24.0 Å². The van der Waals surface area contributed by atoms with E-state index < -0.39 is 0 Å². The quantitative estimate of drug-likeness (QED) is 0.391. The molecule has 1 aromatic carbocycles. The van der Waals surface area contributed by atoms with Gasteiger partial charge in [-0.05, 0) is 25.3 Å². The number of hydrogen-bond donors (Lipinski definition) is 2. The number of nitrogens with zero attached hydrogens (tertiary/aromatic N) is 2. The molecule has 1 amide bonds. The van der Waals surface area contributed by atoms with Crippen LogP contribution in [-0.2, 0) is 16.1 Å². The smallest absolute Gasteiger partial charge is 0.242 e. The molecule has 1 unspecified atom stereocenters. The van der Waals surface area contributed by atoms with E-state index in [-0.39, 0.29) is 41.8 Å². The number of nitrogens with one attached hydrogen (secondary N) is 2. The minimum absolute atomic E-state index is 0. The van der Waals surface area contributed by atoms with Crippen molar-refractivity contribution in [2.24, 2.45) is 10.4 Å². The second-order valence-electron chi connectivity index (χ2n) is 6.91. The van der Waals surface area contributed by atoms with Crippen LogP contribution < -0.4 is 10.6 Å². The van der Waals surface area contributed by atoms with E-state index >= 15 is 0 Å². The van der Waals surface area contributed by atoms with Crippen molar-refractivity contribution in [3.05, 3.63) is 35.9 Å². The minimum Gasteiger partial charge on any atom is -0.381 e. The topological polar surface area (TPSA) is 66.0 Å². The molecule has 2 fully saturated rings. The average Bonchev–Trinajstić information content (AvgIpc) is 3.28. The summed E-state index contributed by atoms with van der Waals surface area (Å²) in [6, 6.07) is 9.91. The number of ether oxygens (including phenoxy) is 1. The van der Waals surface area contributed by atoms with Gasteiger partial charge in [0.05, 0.1) is 6.61 Å². The Morgan fingerprint density at radius 2 is 2.08 bits per heavy atom. The van der Waals surface area contributed by atoms with Crippen molar-refractivity contribution >= 4 is 35.8 Å². The fraction of sp³-hybridized carbons (Fsp3) is 0.579.